The molecule has 1 aromatic carbocycles. The molecule has 2 nitrogen and oxygen atoms in total. The molecule has 1 aromatic rings. The van der Waals surface area contributed by atoms with Crippen molar-refractivity contribution in [3.05, 3.63) is 34.1 Å². The zero-order valence-electron chi connectivity index (χ0n) is 7.58. The maximum Gasteiger partial charge on any atom is 0.137 e. The number of aliphatic hydroxyl groups is 1. The molecule has 0 unspecified atom stereocenters. The summed E-state index contributed by atoms with van der Waals surface area (Å²) in [6.45, 7) is 1.57. The Morgan fingerprint density at radius 1 is 1.50 bits per heavy atom. The molecule has 3 N–H and O–H groups in total. The Labute approximate surface area is 96.8 Å². The van der Waals surface area contributed by atoms with Crippen LogP contribution >= 0.6 is 28.3 Å². The van der Waals surface area contributed by atoms with Crippen LogP contribution in [0.3, 0.4) is 0 Å². The van der Waals surface area contributed by atoms with Gasteiger partial charge >= 0.3 is 0 Å². The second kappa shape index (κ2) is 5.66. The molecule has 0 aromatic heterocycles. The first-order valence-electron chi connectivity index (χ1n) is 3.91. The molecular formula is C9H12BrClFNO. The number of hydrogen-bond donors (Lipinski definition) is 2. The Bertz CT molecular complexity index is 309. The predicted molar refractivity (Wildman–Crippen MR) is 60.0 cm³/mol. The molecule has 0 saturated carbocycles. The molecule has 0 aliphatic heterocycles. The molecule has 0 aliphatic carbocycles. The summed E-state index contributed by atoms with van der Waals surface area (Å²) >= 11 is 3.08. The van der Waals surface area contributed by atoms with Gasteiger partial charge in [0.1, 0.15) is 5.82 Å². The minimum Gasteiger partial charge on any atom is -0.391 e. The van der Waals surface area contributed by atoms with Crippen LogP contribution in [0.5, 0.6) is 0 Å². The van der Waals surface area contributed by atoms with Gasteiger partial charge in [-0.05, 0) is 34.5 Å². The average molecular weight is 285 g/mol. The molecule has 80 valence electrons. The summed E-state index contributed by atoms with van der Waals surface area (Å²) in [7, 11) is 0. The molecule has 0 amide bonds. The summed E-state index contributed by atoms with van der Waals surface area (Å²) in [5, 5.41) is 9.22. The lowest BCUT2D eigenvalue weighted by Crippen LogP contribution is -2.23. The van der Waals surface area contributed by atoms with Crippen LogP contribution in [0.4, 0.5) is 4.39 Å². The van der Waals surface area contributed by atoms with Crippen molar-refractivity contribution >= 4 is 28.3 Å². The van der Waals surface area contributed by atoms with Crippen LogP contribution < -0.4 is 5.73 Å². The molecule has 0 radical (unpaired) electrons. The largest absolute Gasteiger partial charge is 0.391 e. The van der Waals surface area contributed by atoms with Crippen LogP contribution in [-0.4, -0.2) is 11.2 Å². The van der Waals surface area contributed by atoms with Gasteiger partial charge < -0.3 is 10.8 Å². The van der Waals surface area contributed by atoms with Gasteiger partial charge in [0, 0.05) is 0 Å². The highest BCUT2D eigenvalue weighted by molar-refractivity contribution is 9.10. The van der Waals surface area contributed by atoms with E-state index in [-0.39, 0.29) is 18.2 Å². The maximum atomic E-state index is 13.0. The molecule has 5 heteroatoms. The van der Waals surface area contributed by atoms with E-state index in [0.717, 1.165) is 0 Å². The van der Waals surface area contributed by atoms with Gasteiger partial charge in [-0.1, -0.05) is 12.1 Å². The Hall–Kier alpha value is -0.160. The smallest absolute Gasteiger partial charge is 0.137 e. The Balaban J connectivity index is 0.00000169. The van der Waals surface area contributed by atoms with E-state index in [2.05, 4.69) is 15.9 Å². The van der Waals surface area contributed by atoms with Gasteiger partial charge in [0.25, 0.3) is 0 Å². The third-order valence-electron chi connectivity index (χ3n) is 1.86. The summed E-state index contributed by atoms with van der Waals surface area (Å²) in [5.74, 6) is -0.367. The number of benzene rings is 1. The quantitative estimate of drug-likeness (QED) is 0.876. The van der Waals surface area contributed by atoms with E-state index >= 15 is 0 Å². The number of rotatable bonds is 2. The SMILES string of the molecule is C[C@@H](O)[C@@H](N)c1cccc(F)c1Br.Cl. The molecule has 0 bridgehead atoms. The van der Waals surface area contributed by atoms with Gasteiger partial charge in [0.05, 0.1) is 16.6 Å². The first kappa shape index (κ1) is 13.8. The number of nitrogens with two attached hydrogens (primary N) is 1. The van der Waals surface area contributed by atoms with E-state index in [0.29, 0.717) is 10.0 Å². The molecule has 0 saturated heterocycles. The highest BCUT2D eigenvalue weighted by Crippen LogP contribution is 2.26. The third-order valence-corrected chi connectivity index (χ3v) is 2.70. The lowest BCUT2D eigenvalue weighted by molar-refractivity contribution is 0.164. The van der Waals surface area contributed by atoms with Crippen molar-refractivity contribution in [2.24, 2.45) is 5.73 Å². The van der Waals surface area contributed by atoms with Crippen molar-refractivity contribution in [1.29, 1.82) is 0 Å². The van der Waals surface area contributed by atoms with Gasteiger partial charge in [0.2, 0.25) is 0 Å². The summed E-state index contributed by atoms with van der Waals surface area (Å²) in [6.07, 6.45) is -0.696. The first-order valence-corrected chi connectivity index (χ1v) is 4.71. The van der Waals surface area contributed by atoms with E-state index in [4.69, 9.17) is 5.73 Å². The van der Waals surface area contributed by atoms with Crippen molar-refractivity contribution in [3.8, 4) is 0 Å². The fourth-order valence-electron chi connectivity index (χ4n) is 1.04. The molecule has 1 rings (SSSR count). The summed E-state index contributed by atoms with van der Waals surface area (Å²) < 4.78 is 13.3. The monoisotopic (exact) mass is 283 g/mol. The zero-order valence-corrected chi connectivity index (χ0v) is 9.98. The third kappa shape index (κ3) is 2.92. The molecule has 0 heterocycles. The molecule has 0 aliphatic rings. The van der Waals surface area contributed by atoms with Crippen LogP contribution in [-0.2, 0) is 0 Å². The average Bonchev–Trinajstić information content (AvgIpc) is 2.08. The normalized spacial score (nSPS) is 14.4. The maximum absolute atomic E-state index is 13.0. The van der Waals surface area contributed by atoms with Crippen LogP contribution in [0, 0.1) is 5.82 Å². The van der Waals surface area contributed by atoms with Crippen LogP contribution in [0.15, 0.2) is 22.7 Å². The minimum absolute atomic E-state index is 0. The second-order valence-electron chi connectivity index (χ2n) is 2.91. The minimum atomic E-state index is -0.696. The Morgan fingerprint density at radius 2 is 2.07 bits per heavy atom. The Morgan fingerprint density at radius 3 is 2.57 bits per heavy atom. The molecule has 0 fully saturated rings. The second-order valence-corrected chi connectivity index (χ2v) is 3.70. The fraction of sp³-hybridized carbons (Fsp3) is 0.333. The van der Waals surface area contributed by atoms with Crippen molar-refractivity contribution in [3.63, 3.8) is 0 Å². The standard InChI is InChI=1S/C9H11BrFNO.ClH/c1-5(13)9(12)6-3-2-4-7(11)8(6)10;/h2-5,9,13H,12H2,1H3;1H/t5-,9-;/m1./s1. The Kier molecular flexibility index (Phi) is 5.59. The van der Waals surface area contributed by atoms with E-state index in [1.807, 2.05) is 0 Å². The molecule has 2 atom stereocenters. The summed E-state index contributed by atoms with van der Waals surface area (Å²) in [6, 6.07) is 4.02. The van der Waals surface area contributed by atoms with Crippen molar-refractivity contribution < 1.29 is 9.50 Å². The first-order chi connectivity index (χ1) is 6.04. The van der Waals surface area contributed by atoms with Crippen LogP contribution in [0.25, 0.3) is 0 Å². The van der Waals surface area contributed by atoms with E-state index in [1.54, 1.807) is 19.1 Å². The lowest BCUT2D eigenvalue weighted by Gasteiger charge is -2.16. The van der Waals surface area contributed by atoms with Crippen LogP contribution in [0.2, 0.25) is 0 Å². The number of halogens is 3. The molecular weight excluding hydrogens is 272 g/mol. The molecule has 14 heavy (non-hydrogen) atoms. The van der Waals surface area contributed by atoms with E-state index in [1.165, 1.54) is 6.07 Å². The van der Waals surface area contributed by atoms with Gasteiger partial charge in [-0.2, -0.15) is 0 Å². The molecule has 0 spiro atoms. The highest BCUT2D eigenvalue weighted by Gasteiger charge is 2.16. The van der Waals surface area contributed by atoms with Gasteiger partial charge in [-0.3, -0.25) is 0 Å². The number of hydrogen-bond acceptors (Lipinski definition) is 2. The number of aliphatic hydroxyl groups excluding tert-OH is 1. The lowest BCUT2D eigenvalue weighted by atomic mass is 10.0. The zero-order chi connectivity index (χ0) is 10.0. The van der Waals surface area contributed by atoms with Crippen molar-refractivity contribution in [1.82, 2.24) is 0 Å². The van der Waals surface area contributed by atoms with Gasteiger partial charge in [0.15, 0.2) is 0 Å². The highest BCUT2D eigenvalue weighted by atomic mass is 79.9. The summed E-state index contributed by atoms with van der Waals surface area (Å²) in [4.78, 5) is 0. The topological polar surface area (TPSA) is 46.2 Å². The predicted octanol–water partition coefficient (Wildman–Crippen LogP) is 2.39. The van der Waals surface area contributed by atoms with Crippen molar-refractivity contribution in [2.75, 3.05) is 0 Å². The van der Waals surface area contributed by atoms with Crippen LogP contribution in [0.1, 0.15) is 18.5 Å². The summed E-state index contributed by atoms with van der Waals surface area (Å²) in [5.41, 5.74) is 6.24. The van der Waals surface area contributed by atoms with E-state index < -0.39 is 12.1 Å². The van der Waals surface area contributed by atoms with E-state index in [9.17, 15) is 9.50 Å². The van der Waals surface area contributed by atoms with Crippen molar-refractivity contribution in [2.45, 2.75) is 19.1 Å². The van der Waals surface area contributed by atoms with Gasteiger partial charge in [-0.25, -0.2) is 4.39 Å². The van der Waals surface area contributed by atoms with Gasteiger partial charge in [-0.15, -0.1) is 12.4 Å². The fourth-order valence-corrected chi connectivity index (χ4v) is 1.57.